The summed E-state index contributed by atoms with van der Waals surface area (Å²) in [4.78, 5) is 12.1. The van der Waals surface area contributed by atoms with E-state index in [1.807, 2.05) is 36.4 Å². The van der Waals surface area contributed by atoms with Crippen LogP contribution in [0.2, 0.25) is 0 Å². The third-order valence-electron chi connectivity index (χ3n) is 4.94. The van der Waals surface area contributed by atoms with E-state index >= 15 is 0 Å². The first-order valence-electron chi connectivity index (χ1n) is 9.94. The second kappa shape index (κ2) is 8.93. The summed E-state index contributed by atoms with van der Waals surface area (Å²) in [5.74, 6) is 1.03. The fraction of sp³-hybridized carbons (Fsp3) is 0.269. The Labute approximate surface area is 176 Å². The van der Waals surface area contributed by atoms with Crippen LogP contribution >= 0.6 is 8.58 Å². The molecule has 0 aromatic heterocycles. The molecule has 29 heavy (non-hydrogen) atoms. The van der Waals surface area contributed by atoms with Gasteiger partial charge in [-0.15, -0.1) is 0 Å². The first-order chi connectivity index (χ1) is 13.8. The van der Waals surface area contributed by atoms with Crippen LogP contribution in [-0.4, -0.2) is 5.78 Å². The van der Waals surface area contributed by atoms with Gasteiger partial charge >= 0.3 is 0 Å². The van der Waals surface area contributed by atoms with Gasteiger partial charge in [0.2, 0.25) is 0 Å². The third-order valence-corrected chi connectivity index (χ3v) is 6.29. The van der Waals surface area contributed by atoms with Gasteiger partial charge in [-0.2, -0.15) is 0 Å². The molecule has 0 saturated carbocycles. The SMILES string of the molecule is CC(=O)c1ccccc1Pc1cc(C(C)(C)C)cc(C)c1OCc1ccccc1. The van der Waals surface area contributed by atoms with E-state index in [9.17, 15) is 4.79 Å². The summed E-state index contributed by atoms with van der Waals surface area (Å²) in [6.07, 6.45) is 0. The Morgan fingerprint density at radius 3 is 2.24 bits per heavy atom. The molecule has 0 heterocycles. The lowest BCUT2D eigenvalue weighted by Crippen LogP contribution is -2.19. The molecule has 3 heteroatoms. The largest absolute Gasteiger partial charge is 0.488 e. The summed E-state index contributed by atoms with van der Waals surface area (Å²) in [6.45, 7) is 10.9. The monoisotopic (exact) mass is 404 g/mol. The van der Waals surface area contributed by atoms with Gasteiger partial charge < -0.3 is 4.74 Å². The average Bonchev–Trinajstić information content (AvgIpc) is 2.67. The maximum atomic E-state index is 12.1. The zero-order valence-electron chi connectivity index (χ0n) is 17.9. The number of benzene rings is 3. The van der Waals surface area contributed by atoms with E-state index in [0.29, 0.717) is 15.2 Å². The fourth-order valence-electron chi connectivity index (χ4n) is 3.27. The lowest BCUT2D eigenvalue weighted by molar-refractivity contribution is 0.101. The Kier molecular flexibility index (Phi) is 6.55. The number of hydrogen-bond donors (Lipinski definition) is 0. The quantitative estimate of drug-likeness (QED) is 0.389. The highest BCUT2D eigenvalue weighted by Crippen LogP contribution is 2.31. The molecule has 3 aromatic rings. The Hall–Kier alpha value is -2.44. The van der Waals surface area contributed by atoms with Crippen molar-refractivity contribution in [2.24, 2.45) is 0 Å². The van der Waals surface area contributed by atoms with Crippen molar-refractivity contribution in [3.05, 3.63) is 89.0 Å². The number of hydrogen-bond acceptors (Lipinski definition) is 2. The highest BCUT2D eigenvalue weighted by atomic mass is 31.1. The molecule has 150 valence electrons. The van der Waals surface area contributed by atoms with Crippen LogP contribution in [0.25, 0.3) is 0 Å². The summed E-state index contributed by atoms with van der Waals surface area (Å²) in [5, 5.41) is 2.22. The van der Waals surface area contributed by atoms with Crippen molar-refractivity contribution in [3.63, 3.8) is 0 Å². The molecule has 0 N–H and O–H groups in total. The smallest absolute Gasteiger partial charge is 0.160 e. The van der Waals surface area contributed by atoms with Crippen LogP contribution in [0.4, 0.5) is 0 Å². The summed E-state index contributed by atoms with van der Waals surface area (Å²) in [6, 6.07) is 22.6. The molecule has 1 unspecified atom stereocenters. The van der Waals surface area contributed by atoms with Crippen molar-refractivity contribution in [2.75, 3.05) is 0 Å². The third kappa shape index (κ3) is 5.34. The lowest BCUT2D eigenvalue weighted by Gasteiger charge is -2.24. The highest BCUT2D eigenvalue weighted by Gasteiger charge is 2.19. The molecule has 0 aliphatic rings. The minimum absolute atomic E-state index is 0.0437. The summed E-state index contributed by atoms with van der Waals surface area (Å²) >= 11 is 0. The molecule has 3 rings (SSSR count). The standard InChI is InChI=1S/C26H29O2P/c1-18-15-21(26(3,4)5)16-24(25(18)28-17-20-11-7-6-8-12-20)29-23-14-10-9-13-22(23)19(2)27/h6-16,29H,17H2,1-5H3. The van der Waals surface area contributed by atoms with E-state index in [-0.39, 0.29) is 11.2 Å². The maximum absolute atomic E-state index is 12.1. The summed E-state index contributed by atoms with van der Waals surface area (Å²) in [5.41, 5.74) is 4.40. The topological polar surface area (TPSA) is 26.3 Å². The maximum Gasteiger partial charge on any atom is 0.160 e. The van der Waals surface area contributed by atoms with E-state index in [0.717, 1.165) is 33.0 Å². The van der Waals surface area contributed by atoms with Crippen molar-refractivity contribution in [1.82, 2.24) is 0 Å². The van der Waals surface area contributed by atoms with Crippen molar-refractivity contribution in [3.8, 4) is 5.75 Å². The average molecular weight is 404 g/mol. The second-order valence-corrected chi connectivity index (χ2v) is 9.75. The van der Waals surface area contributed by atoms with E-state index in [4.69, 9.17) is 4.74 Å². The molecule has 0 bridgehead atoms. The van der Waals surface area contributed by atoms with Crippen molar-refractivity contribution in [1.29, 1.82) is 0 Å². The Morgan fingerprint density at radius 2 is 1.59 bits per heavy atom. The zero-order valence-corrected chi connectivity index (χ0v) is 18.9. The number of carbonyl (C=O) groups excluding carboxylic acids is 1. The molecule has 0 radical (unpaired) electrons. The predicted molar refractivity (Wildman–Crippen MR) is 125 cm³/mol. The second-order valence-electron chi connectivity index (χ2n) is 8.42. The summed E-state index contributed by atoms with van der Waals surface area (Å²) in [7, 11) is 0.361. The van der Waals surface area contributed by atoms with E-state index in [1.54, 1.807) is 6.92 Å². The van der Waals surface area contributed by atoms with Gasteiger partial charge in [0.15, 0.2) is 5.78 Å². The first-order valence-corrected chi connectivity index (χ1v) is 10.9. The highest BCUT2D eigenvalue weighted by molar-refractivity contribution is 7.56. The normalized spacial score (nSPS) is 11.8. The first kappa shape index (κ1) is 21.3. The minimum atomic E-state index is 0.0437. The van der Waals surface area contributed by atoms with Gasteiger partial charge in [0.1, 0.15) is 12.4 Å². The molecule has 3 aromatic carbocycles. The molecule has 0 aliphatic heterocycles. The molecule has 0 amide bonds. The van der Waals surface area contributed by atoms with Gasteiger partial charge in [-0.1, -0.05) is 90.0 Å². The zero-order chi connectivity index (χ0) is 21.0. The predicted octanol–water partition coefficient (Wildman–Crippen LogP) is 5.70. The summed E-state index contributed by atoms with van der Waals surface area (Å²) < 4.78 is 6.32. The van der Waals surface area contributed by atoms with Crippen molar-refractivity contribution < 1.29 is 9.53 Å². The number of Topliss-reactive ketones (excluding diaryl/α,β-unsaturated/α-hetero) is 1. The Balaban J connectivity index is 2.02. The molecule has 0 fully saturated rings. The number of ether oxygens (including phenoxy) is 1. The Morgan fingerprint density at radius 1 is 0.931 bits per heavy atom. The van der Waals surface area contributed by atoms with E-state index < -0.39 is 0 Å². The van der Waals surface area contributed by atoms with Crippen molar-refractivity contribution >= 4 is 25.0 Å². The minimum Gasteiger partial charge on any atom is -0.488 e. The van der Waals surface area contributed by atoms with Crippen LogP contribution in [0.3, 0.4) is 0 Å². The molecule has 2 nitrogen and oxygen atoms in total. The molecule has 0 spiro atoms. The van der Waals surface area contributed by atoms with E-state index in [2.05, 4.69) is 58.0 Å². The van der Waals surface area contributed by atoms with Gasteiger partial charge in [0, 0.05) is 10.9 Å². The van der Waals surface area contributed by atoms with Gasteiger partial charge in [0.05, 0.1) is 0 Å². The molecular formula is C26H29O2P. The fourth-order valence-corrected chi connectivity index (χ4v) is 4.74. The number of rotatable bonds is 6. The molecular weight excluding hydrogens is 375 g/mol. The van der Waals surface area contributed by atoms with Crippen LogP contribution in [0.15, 0.2) is 66.7 Å². The van der Waals surface area contributed by atoms with Gasteiger partial charge in [0.25, 0.3) is 0 Å². The van der Waals surface area contributed by atoms with E-state index in [1.165, 1.54) is 5.56 Å². The van der Waals surface area contributed by atoms with Crippen LogP contribution < -0.4 is 15.3 Å². The number of ketones is 1. The number of aryl methyl sites for hydroxylation is 1. The van der Waals surface area contributed by atoms with Crippen LogP contribution in [0, 0.1) is 6.92 Å². The van der Waals surface area contributed by atoms with Gasteiger partial charge in [-0.3, -0.25) is 4.79 Å². The Bertz CT molecular complexity index is 1000. The van der Waals surface area contributed by atoms with Crippen LogP contribution in [0.5, 0.6) is 5.75 Å². The van der Waals surface area contributed by atoms with Crippen molar-refractivity contribution in [2.45, 2.75) is 46.6 Å². The molecule has 0 aliphatic carbocycles. The van der Waals surface area contributed by atoms with Gasteiger partial charge in [-0.05, 0) is 47.3 Å². The van der Waals surface area contributed by atoms with Crippen LogP contribution in [0.1, 0.15) is 54.7 Å². The molecule has 0 saturated heterocycles. The number of carbonyl (C=O) groups is 1. The van der Waals surface area contributed by atoms with Gasteiger partial charge in [-0.25, -0.2) is 0 Å². The molecule has 1 atom stereocenters. The van der Waals surface area contributed by atoms with Crippen LogP contribution in [-0.2, 0) is 12.0 Å². The lowest BCUT2D eigenvalue weighted by atomic mass is 9.86.